The molecule has 0 bridgehead atoms. The maximum absolute atomic E-state index is 11.7. The number of ether oxygens (including phenoxy) is 1. The van der Waals surface area contributed by atoms with E-state index in [0.29, 0.717) is 4.47 Å². The second kappa shape index (κ2) is 5.23. The predicted molar refractivity (Wildman–Crippen MR) is 70.7 cm³/mol. The zero-order valence-corrected chi connectivity index (χ0v) is 11.4. The molecule has 19 heavy (non-hydrogen) atoms. The van der Waals surface area contributed by atoms with E-state index < -0.39 is 11.5 Å². The molecule has 0 atom stereocenters. The van der Waals surface area contributed by atoms with Crippen molar-refractivity contribution in [2.45, 2.75) is 0 Å². The largest absolute Gasteiger partial charge is 0.478 e. The molecule has 0 spiro atoms. The van der Waals surface area contributed by atoms with E-state index >= 15 is 0 Å². The lowest BCUT2D eigenvalue weighted by Gasteiger charge is -2.07. The van der Waals surface area contributed by atoms with Gasteiger partial charge in [0.25, 0.3) is 5.88 Å². The molecule has 1 aromatic heterocycles. The average Bonchev–Trinajstić information content (AvgIpc) is 2.37. The summed E-state index contributed by atoms with van der Waals surface area (Å²) < 4.78 is 7.21. The zero-order chi connectivity index (χ0) is 14.0. The van der Waals surface area contributed by atoms with Crippen LogP contribution in [0.1, 0.15) is 10.4 Å². The van der Waals surface area contributed by atoms with Crippen molar-refractivity contribution in [3.05, 3.63) is 51.0 Å². The number of aromatic carboxylic acids is 1. The van der Waals surface area contributed by atoms with Crippen LogP contribution in [0.4, 0.5) is 0 Å². The highest BCUT2D eigenvalue weighted by Gasteiger charge is 2.11. The van der Waals surface area contributed by atoms with Crippen LogP contribution in [0, 0.1) is 0 Å². The van der Waals surface area contributed by atoms with Gasteiger partial charge in [-0.25, -0.2) is 9.78 Å². The summed E-state index contributed by atoms with van der Waals surface area (Å²) in [6.45, 7) is 0. The molecule has 1 aromatic carbocycles. The standard InChI is InChI=1S/C12H9BrN2O4/c1-15-5-4-14-10(11(15)16)19-9-6-7(12(17)18)2-3-8(9)13/h2-6H,1H3,(H,17,18). The van der Waals surface area contributed by atoms with Gasteiger partial charge in [-0.1, -0.05) is 0 Å². The molecular formula is C12H9BrN2O4. The van der Waals surface area contributed by atoms with E-state index in [9.17, 15) is 9.59 Å². The van der Waals surface area contributed by atoms with Crippen LogP contribution in [0.3, 0.4) is 0 Å². The van der Waals surface area contributed by atoms with Gasteiger partial charge < -0.3 is 14.4 Å². The fourth-order valence-electron chi connectivity index (χ4n) is 1.36. The van der Waals surface area contributed by atoms with Crippen LogP contribution < -0.4 is 10.3 Å². The minimum atomic E-state index is -1.08. The third kappa shape index (κ3) is 2.82. The molecule has 1 heterocycles. The summed E-state index contributed by atoms with van der Waals surface area (Å²) in [7, 11) is 1.57. The molecule has 0 unspecified atom stereocenters. The Morgan fingerprint density at radius 2 is 2.21 bits per heavy atom. The Bertz CT molecular complexity index is 696. The lowest BCUT2D eigenvalue weighted by atomic mass is 10.2. The Balaban J connectivity index is 2.43. The molecule has 2 rings (SSSR count). The molecule has 98 valence electrons. The SMILES string of the molecule is Cn1ccnc(Oc2cc(C(=O)O)ccc2Br)c1=O. The van der Waals surface area contributed by atoms with E-state index in [4.69, 9.17) is 9.84 Å². The van der Waals surface area contributed by atoms with Crippen molar-refractivity contribution in [2.24, 2.45) is 7.05 Å². The van der Waals surface area contributed by atoms with Gasteiger partial charge in [0.05, 0.1) is 10.0 Å². The van der Waals surface area contributed by atoms with E-state index in [1.807, 2.05) is 0 Å². The number of aromatic nitrogens is 2. The molecule has 0 saturated heterocycles. The highest BCUT2D eigenvalue weighted by atomic mass is 79.9. The van der Waals surface area contributed by atoms with Crippen LogP contribution in [0.2, 0.25) is 0 Å². The Labute approximate surface area is 116 Å². The molecule has 0 saturated carbocycles. The summed E-state index contributed by atoms with van der Waals surface area (Å²) in [5.41, 5.74) is -0.346. The van der Waals surface area contributed by atoms with Crippen molar-refractivity contribution >= 4 is 21.9 Å². The number of carboxylic acid groups (broad SMARTS) is 1. The van der Waals surface area contributed by atoms with E-state index in [1.54, 1.807) is 7.05 Å². The number of carboxylic acids is 1. The summed E-state index contributed by atoms with van der Waals surface area (Å²) in [4.78, 5) is 26.5. The van der Waals surface area contributed by atoms with Crippen molar-refractivity contribution in [1.82, 2.24) is 9.55 Å². The van der Waals surface area contributed by atoms with Crippen LogP contribution in [-0.4, -0.2) is 20.6 Å². The van der Waals surface area contributed by atoms with Crippen molar-refractivity contribution < 1.29 is 14.6 Å². The minimum absolute atomic E-state index is 0.0611. The van der Waals surface area contributed by atoms with Gasteiger partial charge in [-0.15, -0.1) is 0 Å². The van der Waals surface area contributed by atoms with Gasteiger partial charge in [0, 0.05) is 19.4 Å². The molecule has 7 heteroatoms. The van der Waals surface area contributed by atoms with Gasteiger partial charge in [-0.05, 0) is 34.1 Å². The topological polar surface area (TPSA) is 81.4 Å². The number of rotatable bonds is 3. The van der Waals surface area contributed by atoms with E-state index in [1.165, 1.54) is 35.2 Å². The first-order valence-corrected chi connectivity index (χ1v) is 6.00. The molecule has 0 aliphatic carbocycles. The van der Waals surface area contributed by atoms with Crippen LogP contribution in [0.25, 0.3) is 0 Å². The molecule has 1 N–H and O–H groups in total. The quantitative estimate of drug-likeness (QED) is 0.934. The molecule has 2 aromatic rings. The summed E-state index contributed by atoms with van der Waals surface area (Å²) in [6.07, 6.45) is 2.92. The first kappa shape index (κ1) is 13.3. The number of hydrogen-bond donors (Lipinski definition) is 1. The van der Waals surface area contributed by atoms with Gasteiger partial charge in [-0.3, -0.25) is 4.79 Å². The Kier molecular flexibility index (Phi) is 3.66. The average molecular weight is 325 g/mol. The van der Waals surface area contributed by atoms with E-state index in [-0.39, 0.29) is 17.2 Å². The maximum atomic E-state index is 11.7. The van der Waals surface area contributed by atoms with Gasteiger partial charge in [0.1, 0.15) is 5.75 Å². The van der Waals surface area contributed by atoms with Crippen molar-refractivity contribution in [2.75, 3.05) is 0 Å². The van der Waals surface area contributed by atoms with E-state index in [2.05, 4.69) is 20.9 Å². The van der Waals surface area contributed by atoms with Gasteiger partial charge in [0.2, 0.25) is 0 Å². The third-order valence-corrected chi connectivity index (χ3v) is 3.03. The molecule has 0 amide bonds. The Hall–Kier alpha value is -2.15. The summed E-state index contributed by atoms with van der Waals surface area (Å²) in [5, 5.41) is 8.91. The van der Waals surface area contributed by atoms with Crippen LogP contribution in [0.15, 0.2) is 39.9 Å². The monoisotopic (exact) mass is 324 g/mol. The number of carbonyl (C=O) groups is 1. The Morgan fingerprint density at radius 1 is 1.47 bits per heavy atom. The summed E-state index contributed by atoms with van der Waals surface area (Å²) in [6, 6.07) is 4.28. The number of halogens is 1. The van der Waals surface area contributed by atoms with Crippen molar-refractivity contribution in [3.8, 4) is 11.6 Å². The number of nitrogens with zero attached hydrogens (tertiary/aromatic N) is 2. The second-order valence-electron chi connectivity index (χ2n) is 3.70. The fourth-order valence-corrected chi connectivity index (χ4v) is 1.69. The predicted octanol–water partition coefficient (Wildman–Crippen LogP) is 2.03. The summed E-state index contributed by atoms with van der Waals surface area (Å²) in [5.74, 6) is -0.977. The van der Waals surface area contributed by atoms with Crippen LogP contribution in [0.5, 0.6) is 11.6 Å². The zero-order valence-electron chi connectivity index (χ0n) is 9.83. The molecule has 0 fully saturated rings. The van der Waals surface area contributed by atoms with Crippen molar-refractivity contribution in [3.63, 3.8) is 0 Å². The smallest absolute Gasteiger partial charge is 0.335 e. The fraction of sp³-hybridized carbons (Fsp3) is 0.0833. The van der Waals surface area contributed by atoms with Crippen molar-refractivity contribution in [1.29, 1.82) is 0 Å². The highest BCUT2D eigenvalue weighted by Crippen LogP contribution is 2.28. The second-order valence-corrected chi connectivity index (χ2v) is 4.56. The lowest BCUT2D eigenvalue weighted by molar-refractivity contribution is 0.0696. The summed E-state index contributed by atoms with van der Waals surface area (Å²) >= 11 is 3.23. The molecule has 0 aliphatic heterocycles. The maximum Gasteiger partial charge on any atom is 0.335 e. The number of hydrogen-bond acceptors (Lipinski definition) is 4. The highest BCUT2D eigenvalue weighted by molar-refractivity contribution is 9.10. The molecular weight excluding hydrogens is 316 g/mol. The van der Waals surface area contributed by atoms with Crippen LogP contribution in [-0.2, 0) is 7.05 Å². The van der Waals surface area contributed by atoms with Crippen LogP contribution >= 0.6 is 15.9 Å². The normalized spacial score (nSPS) is 10.2. The van der Waals surface area contributed by atoms with Gasteiger partial charge in [-0.2, -0.15) is 0 Å². The minimum Gasteiger partial charge on any atom is -0.478 e. The Morgan fingerprint density at radius 3 is 2.89 bits per heavy atom. The number of aryl methyl sites for hydroxylation is 1. The van der Waals surface area contributed by atoms with Gasteiger partial charge in [0.15, 0.2) is 0 Å². The first-order valence-electron chi connectivity index (χ1n) is 5.21. The molecule has 0 radical (unpaired) electrons. The molecule has 6 nitrogen and oxygen atoms in total. The molecule has 0 aliphatic rings. The van der Waals surface area contributed by atoms with Gasteiger partial charge >= 0.3 is 11.5 Å². The first-order chi connectivity index (χ1) is 8.99. The third-order valence-electron chi connectivity index (χ3n) is 2.37. The van der Waals surface area contributed by atoms with E-state index in [0.717, 1.165) is 0 Å². The number of benzene rings is 1. The lowest BCUT2D eigenvalue weighted by Crippen LogP contribution is -2.18.